The van der Waals surface area contributed by atoms with Crippen LogP contribution in [0.1, 0.15) is 24.8 Å². The minimum absolute atomic E-state index is 0. The number of nitrogens with two attached hydrogens (primary N) is 2. The standard InChI is InChI=1S/C18H26ClN3O3.ClH/c1-24-16-6-11(5-14(19)18(16)25-10-17(21)23)7-22-8-12-3-2-4-15(20)13(12)9-22;/h5-6,12-13,15H,2-4,7-10,20H2,1H3,(H2,21,23);1H. The van der Waals surface area contributed by atoms with Crippen LogP contribution in [0, 0.1) is 11.8 Å². The molecule has 26 heavy (non-hydrogen) atoms. The van der Waals surface area contributed by atoms with E-state index in [1.807, 2.05) is 12.1 Å². The Labute approximate surface area is 165 Å². The van der Waals surface area contributed by atoms with E-state index in [0.717, 1.165) is 31.6 Å². The van der Waals surface area contributed by atoms with E-state index in [9.17, 15) is 4.79 Å². The third kappa shape index (κ3) is 4.74. The van der Waals surface area contributed by atoms with Gasteiger partial charge in [-0.2, -0.15) is 0 Å². The summed E-state index contributed by atoms with van der Waals surface area (Å²) in [6.07, 6.45) is 3.65. The molecule has 1 heterocycles. The predicted molar refractivity (Wildman–Crippen MR) is 104 cm³/mol. The lowest BCUT2D eigenvalue weighted by atomic mass is 9.78. The van der Waals surface area contributed by atoms with Crippen LogP contribution in [-0.2, 0) is 11.3 Å². The Morgan fingerprint density at radius 2 is 2.12 bits per heavy atom. The summed E-state index contributed by atoms with van der Waals surface area (Å²) in [5, 5.41) is 0.420. The second kappa shape index (κ2) is 9.13. The van der Waals surface area contributed by atoms with E-state index >= 15 is 0 Å². The first kappa shape index (κ1) is 21.1. The van der Waals surface area contributed by atoms with E-state index < -0.39 is 5.91 Å². The third-order valence-corrected chi connectivity index (χ3v) is 5.56. The van der Waals surface area contributed by atoms with Crippen molar-refractivity contribution in [3.05, 3.63) is 22.7 Å². The molecule has 1 aliphatic carbocycles. The summed E-state index contributed by atoms with van der Waals surface area (Å²) in [5.74, 6) is 1.61. The van der Waals surface area contributed by atoms with E-state index in [1.54, 1.807) is 7.11 Å². The third-order valence-electron chi connectivity index (χ3n) is 5.28. The maximum absolute atomic E-state index is 10.9. The molecule has 1 saturated carbocycles. The maximum Gasteiger partial charge on any atom is 0.255 e. The number of nitrogens with zero attached hydrogens (tertiary/aromatic N) is 1. The first-order valence-corrected chi connectivity index (χ1v) is 9.11. The summed E-state index contributed by atoms with van der Waals surface area (Å²) in [7, 11) is 1.55. The van der Waals surface area contributed by atoms with Crippen LogP contribution in [0.3, 0.4) is 0 Å². The molecule has 1 aromatic rings. The Kier molecular flexibility index (Phi) is 7.41. The molecule has 6 nitrogen and oxygen atoms in total. The number of amides is 1. The smallest absolute Gasteiger partial charge is 0.255 e. The summed E-state index contributed by atoms with van der Waals surface area (Å²) in [4.78, 5) is 13.4. The Morgan fingerprint density at radius 1 is 1.35 bits per heavy atom. The molecule has 2 fully saturated rings. The van der Waals surface area contributed by atoms with Gasteiger partial charge in [-0.1, -0.05) is 18.0 Å². The van der Waals surface area contributed by atoms with Gasteiger partial charge in [0, 0.05) is 25.7 Å². The van der Waals surface area contributed by atoms with Crippen LogP contribution in [0.2, 0.25) is 5.02 Å². The van der Waals surface area contributed by atoms with Gasteiger partial charge in [-0.05, 0) is 42.4 Å². The fourth-order valence-electron chi connectivity index (χ4n) is 4.14. The molecular weight excluding hydrogens is 377 g/mol. The number of carbonyl (C=O) groups is 1. The molecule has 4 N–H and O–H groups in total. The highest BCUT2D eigenvalue weighted by Gasteiger charge is 2.38. The van der Waals surface area contributed by atoms with Crippen LogP contribution in [0.5, 0.6) is 11.5 Å². The number of halogens is 2. The molecule has 3 atom stereocenters. The molecule has 0 spiro atoms. The van der Waals surface area contributed by atoms with E-state index in [2.05, 4.69) is 4.90 Å². The molecule has 0 aromatic heterocycles. The lowest BCUT2D eigenvalue weighted by Gasteiger charge is -2.29. The van der Waals surface area contributed by atoms with Gasteiger partial charge in [0.25, 0.3) is 5.91 Å². The van der Waals surface area contributed by atoms with Crippen LogP contribution in [-0.4, -0.2) is 43.7 Å². The van der Waals surface area contributed by atoms with E-state index in [0.29, 0.717) is 34.4 Å². The van der Waals surface area contributed by atoms with E-state index in [4.69, 9.17) is 32.5 Å². The molecule has 3 unspecified atom stereocenters. The number of hydrogen-bond acceptors (Lipinski definition) is 5. The summed E-state index contributed by atoms with van der Waals surface area (Å²) < 4.78 is 10.8. The van der Waals surface area contributed by atoms with Gasteiger partial charge < -0.3 is 20.9 Å². The number of ether oxygens (including phenoxy) is 2. The van der Waals surface area contributed by atoms with Crippen molar-refractivity contribution in [1.29, 1.82) is 0 Å². The molecule has 1 aliphatic heterocycles. The number of hydrogen-bond donors (Lipinski definition) is 2. The second-order valence-electron chi connectivity index (χ2n) is 7.08. The highest BCUT2D eigenvalue weighted by Crippen LogP contribution is 2.39. The minimum Gasteiger partial charge on any atom is -0.493 e. The first-order valence-electron chi connectivity index (χ1n) is 8.73. The van der Waals surface area contributed by atoms with Crippen LogP contribution in [0.15, 0.2) is 12.1 Å². The molecule has 1 aromatic carbocycles. The van der Waals surface area contributed by atoms with Gasteiger partial charge in [0.1, 0.15) is 0 Å². The molecule has 0 radical (unpaired) electrons. The zero-order valence-electron chi connectivity index (χ0n) is 14.9. The van der Waals surface area contributed by atoms with Crippen molar-refractivity contribution in [2.45, 2.75) is 31.8 Å². The fraction of sp³-hybridized carbons (Fsp3) is 0.611. The quantitative estimate of drug-likeness (QED) is 0.759. The van der Waals surface area contributed by atoms with Crippen molar-refractivity contribution < 1.29 is 14.3 Å². The number of methoxy groups -OCH3 is 1. The lowest BCUT2D eigenvalue weighted by molar-refractivity contribution is -0.119. The molecule has 1 amide bonds. The molecular formula is C18H27Cl2N3O3. The average molecular weight is 404 g/mol. The second-order valence-corrected chi connectivity index (χ2v) is 7.48. The number of likely N-dealkylation sites (tertiary alicyclic amines) is 1. The van der Waals surface area contributed by atoms with Crippen LogP contribution in [0.4, 0.5) is 0 Å². The maximum atomic E-state index is 10.9. The Bertz CT molecular complexity index is 644. The highest BCUT2D eigenvalue weighted by molar-refractivity contribution is 6.32. The van der Waals surface area contributed by atoms with E-state index in [-0.39, 0.29) is 19.0 Å². The molecule has 0 bridgehead atoms. The van der Waals surface area contributed by atoms with Gasteiger partial charge in [-0.3, -0.25) is 9.69 Å². The van der Waals surface area contributed by atoms with Crippen molar-refractivity contribution in [2.24, 2.45) is 23.3 Å². The number of fused-ring (bicyclic) bond motifs is 1. The molecule has 8 heteroatoms. The molecule has 1 saturated heterocycles. The van der Waals surface area contributed by atoms with Crippen molar-refractivity contribution in [3.8, 4) is 11.5 Å². The molecule has 146 valence electrons. The normalized spacial score (nSPS) is 25.3. The van der Waals surface area contributed by atoms with Gasteiger partial charge in [0.2, 0.25) is 0 Å². The van der Waals surface area contributed by atoms with Crippen LogP contribution >= 0.6 is 24.0 Å². The number of primary amides is 1. The van der Waals surface area contributed by atoms with Crippen LogP contribution in [0.25, 0.3) is 0 Å². The van der Waals surface area contributed by atoms with Gasteiger partial charge in [-0.25, -0.2) is 0 Å². The van der Waals surface area contributed by atoms with Crippen molar-refractivity contribution in [2.75, 3.05) is 26.8 Å². The summed E-state index contributed by atoms with van der Waals surface area (Å²) in [6.45, 7) is 2.68. The highest BCUT2D eigenvalue weighted by atomic mass is 35.5. The Hall–Kier alpha value is -1.21. The Morgan fingerprint density at radius 3 is 2.77 bits per heavy atom. The van der Waals surface area contributed by atoms with Crippen molar-refractivity contribution in [3.63, 3.8) is 0 Å². The largest absolute Gasteiger partial charge is 0.493 e. The van der Waals surface area contributed by atoms with Gasteiger partial charge in [0.05, 0.1) is 12.1 Å². The predicted octanol–water partition coefficient (Wildman–Crippen LogP) is 2.19. The molecule has 3 rings (SSSR count). The van der Waals surface area contributed by atoms with Crippen molar-refractivity contribution >= 4 is 29.9 Å². The Balaban J connectivity index is 0.00000243. The van der Waals surface area contributed by atoms with Gasteiger partial charge in [-0.15, -0.1) is 12.4 Å². The zero-order chi connectivity index (χ0) is 18.0. The topological polar surface area (TPSA) is 90.8 Å². The summed E-state index contributed by atoms with van der Waals surface area (Å²) in [5.41, 5.74) is 12.5. The average Bonchev–Trinajstić information content (AvgIpc) is 2.97. The summed E-state index contributed by atoms with van der Waals surface area (Å²) in [6, 6.07) is 4.10. The first-order chi connectivity index (χ1) is 12.0. The SMILES string of the molecule is COc1cc(CN2CC3CCCC(N)C3C2)cc(Cl)c1OCC(N)=O.Cl. The number of rotatable bonds is 6. The minimum atomic E-state index is -0.557. The lowest BCUT2D eigenvalue weighted by Crippen LogP contribution is -2.38. The van der Waals surface area contributed by atoms with Crippen LogP contribution < -0.4 is 20.9 Å². The van der Waals surface area contributed by atoms with Gasteiger partial charge in [0.15, 0.2) is 18.1 Å². The zero-order valence-corrected chi connectivity index (χ0v) is 16.5. The number of carbonyl (C=O) groups excluding carboxylic acids is 1. The van der Waals surface area contributed by atoms with Gasteiger partial charge >= 0.3 is 0 Å². The summed E-state index contributed by atoms with van der Waals surface area (Å²) >= 11 is 6.33. The molecule has 2 aliphatic rings. The van der Waals surface area contributed by atoms with Crippen molar-refractivity contribution in [1.82, 2.24) is 4.90 Å². The fourth-order valence-corrected chi connectivity index (χ4v) is 4.43. The number of benzene rings is 1. The van der Waals surface area contributed by atoms with E-state index in [1.165, 1.54) is 12.8 Å². The monoisotopic (exact) mass is 403 g/mol.